The summed E-state index contributed by atoms with van der Waals surface area (Å²) in [6, 6.07) is 12.2. The lowest BCUT2D eigenvalue weighted by Gasteiger charge is -2.22. The van der Waals surface area contributed by atoms with Crippen molar-refractivity contribution in [1.82, 2.24) is 9.88 Å². The van der Waals surface area contributed by atoms with Gasteiger partial charge in [-0.05, 0) is 37.1 Å². The molecular formula is C17H17N3OS2. The summed E-state index contributed by atoms with van der Waals surface area (Å²) in [5, 5.41) is 0.979. The fourth-order valence-electron chi connectivity index (χ4n) is 3.04. The van der Waals surface area contributed by atoms with Crippen molar-refractivity contribution in [3.05, 3.63) is 41.3 Å². The number of thiazole rings is 1. The minimum atomic E-state index is 0.107. The van der Waals surface area contributed by atoms with E-state index in [1.54, 1.807) is 11.3 Å². The summed E-state index contributed by atoms with van der Waals surface area (Å²) >= 11 is 3.19. The van der Waals surface area contributed by atoms with Gasteiger partial charge in [0.1, 0.15) is 5.01 Å². The molecule has 23 heavy (non-hydrogen) atoms. The molecular weight excluding hydrogens is 326 g/mol. The van der Waals surface area contributed by atoms with Gasteiger partial charge in [-0.25, -0.2) is 4.98 Å². The number of carbonyl (C=O) groups is 1. The van der Waals surface area contributed by atoms with E-state index in [4.69, 9.17) is 5.73 Å². The number of carbonyl (C=O) groups excluding carboxylic acids is 1. The second kappa shape index (κ2) is 6.03. The highest BCUT2D eigenvalue weighted by Gasteiger charge is 2.29. The zero-order valence-corrected chi connectivity index (χ0v) is 14.2. The van der Waals surface area contributed by atoms with Crippen LogP contribution in [-0.4, -0.2) is 34.9 Å². The van der Waals surface area contributed by atoms with Gasteiger partial charge in [0.25, 0.3) is 5.91 Å². The van der Waals surface area contributed by atoms with Gasteiger partial charge in [0.05, 0.1) is 20.0 Å². The Kier molecular flexibility index (Phi) is 3.88. The first kappa shape index (κ1) is 14.8. The number of nitrogens with zero attached hydrogens (tertiary/aromatic N) is 2. The van der Waals surface area contributed by atoms with E-state index < -0.39 is 0 Å². The normalized spacial score (nSPS) is 18.0. The maximum Gasteiger partial charge on any atom is 0.264 e. The molecule has 0 radical (unpaired) electrons. The van der Waals surface area contributed by atoms with Gasteiger partial charge in [-0.15, -0.1) is 22.7 Å². The van der Waals surface area contributed by atoms with Crippen molar-refractivity contribution in [2.45, 2.75) is 18.9 Å². The minimum Gasteiger partial charge on any atom is -0.334 e. The van der Waals surface area contributed by atoms with E-state index in [0.29, 0.717) is 6.54 Å². The molecule has 1 amide bonds. The third kappa shape index (κ3) is 2.67. The third-order valence-corrected chi connectivity index (χ3v) is 6.51. The lowest BCUT2D eigenvalue weighted by Crippen LogP contribution is -2.39. The number of likely N-dealkylation sites (tertiary alicyclic amines) is 1. The number of fused-ring (bicyclic) bond motifs is 1. The van der Waals surface area contributed by atoms with Gasteiger partial charge < -0.3 is 10.6 Å². The van der Waals surface area contributed by atoms with Crippen LogP contribution in [-0.2, 0) is 0 Å². The molecule has 0 saturated carbocycles. The largest absolute Gasteiger partial charge is 0.334 e. The third-order valence-electron chi connectivity index (χ3n) is 4.23. The van der Waals surface area contributed by atoms with Gasteiger partial charge in [0, 0.05) is 19.1 Å². The molecule has 2 aromatic heterocycles. The molecule has 1 unspecified atom stereocenters. The Hall–Kier alpha value is -1.76. The maximum atomic E-state index is 12.7. The summed E-state index contributed by atoms with van der Waals surface area (Å²) < 4.78 is 1.17. The van der Waals surface area contributed by atoms with Crippen molar-refractivity contribution in [1.29, 1.82) is 0 Å². The summed E-state index contributed by atoms with van der Waals surface area (Å²) in [6.07, 6.45) is 2.06. The second-order valence-electron chi connectivity index (χ2n) is 5.68. The molecule has 1 atom stereocenters. The van der Waals surface area contributed by atoms with Crippen LogP contribution in [0.5, 0.6) is 0 Å². The molecule has 3 heterocycles. The number of amides is 1. The fraction of sp³-hybridized carbons (Fsp3) is 0.294. The van der Waals surface area contributed by atoms with E-state index in [1.165, 1.54) is 16.0 Å². The molecule has 0 bridgehead atoms. The number of thiophene rings is 1. The Morgan fingerprint density at radius 1 is 1.26 bits per heavy atom. The highest BCUT2D eigenvalue weighted by Crippen LogP contribution is 2.35. The Balaban J connectivity index is 1.62. The number of hydrogen-bond acceptors (Lipinski definition) is 5. The zero-order chi connectivity index (χ0) is 15.8. The molecule has 1 aliphatic heterocycles. The van der Waals surface area contributed by atoms with Crippen molar-refractivity contribution in [3.8, 4) is 9.88 Å². The first-order valence-electron chi connectivity index (χ1n) is 7.73. The van der Waals surface area contributed by atoms with Gasteiger partial charge >= 0.3 is 0 Å². The second-order valence-corrected chi connectivity index (χ2v) is 7.80. The number of aromatic nitrogens is 1. The van der Waals surface area contributed by atoms with E-state index in [-0.39, 0.29) is 11.9 Å². The molecule has 1 aromatic carbocycles. The topological polar surface area (TPSA) is 59.2 Å². The average Bonchev–Trinajstić information content (AvgIpc) is 3.30. The van der Waals surface area contributed by atoms with Crippen molar-refractivity contribution in [2.75, 3.05) is 13.1 Å². The molecule has 1 fully saturated rings. The smallest absolute Gasteiger partial charge is 0.264 e. The lowest BCUT2D eigenvalue weighted by molar-refractivity contribution is 0.0746. The first-order valence-corrected chi connectivity index (χ1v) is 9.36. The molecule has 1 saturated heterocycles. The Morgan fingerprint density at radius 2 is 2.13 bits per heavy atom. The SMILES string of the molecule is NCC1CCCN1C(=O)c1ccc(-c2nc3ccccc3s2)s1. The van der Waals surface area contributed by atoms with E-state index in [9.17, 15) is 4.79 Å². The quantitative estimate of drug-likeness (QED) is 0.790. The molecule has 1 aliphatic rings. The molecule has 4 rings (SSSR count). The predicted octanol–water partition coefficient (Wildman–Crippen LogP) is 3.59. The molecule has 118 valence electrons. The Labute approximate surface area is 142 Å². The average molecular weight is 343 g/mol. The summed E-state index contributed by atoms with van der Waals surface area (Å²) in [4.78, 5) is 21.1. The number of hydrogen-bond donors (Lipinski definition) is 1. The highest BCUT2D eigenvalue weighted by molar-refractivity contribution is 7.26. The summed E-state index contributed by atoms with van der Waals surface area (Å²) in [5.41, 5.74) is 6.79. The lowest BCUT2D eigenvalue weighted by atomic mass is 10.2. The monoisotopic (exact) mass is 343 g/mol. The van der Waals surface area contributed by atoms with Crippen LogP contribution in [0.25, 0.3) is 20.1 Å². The molecule has 6 heteroatoms. The van der Waals surface area contributed by atoms with Crippen molar-refractivity contribution >= 4 is 38.8 Å². The van der Waals surface area contributed by atoms with Gasteiger partial charge in [0.2, 0.25) is 0 Å². The van der Waals surface area contributed by atoms with Crippen LogP contribution in [0.3, 0.4) is 0 Å². The Bertz CT molecular complexity index is 821. The summed E-state index contributed by atoms with van der Waals surface area (Å²) in [5.74, 6) is 0.107. The summed E-state index contributed by atoms with van der Waals surface area (Å²) in [7, 11) is 0. The zero-order valence-electron chi connectivity index (χ0n) is 12.6. The standard InChI is InChI=1S/C17H17N3OS2/c18-10-11-4-3-9-20(11)17(21)15-8-7-14(22-15)16-19-12-5-1-2-6-13(12)23-16/h1-2,5-8,11H,3-4,9-10,18H2. The van der Waals surface area contributed by atoms with Gasteiger partial charge in [-0.1, -0.05) is 12.1 Å². The number of rotatable bonds is 3. The van der Waals surface area contributed by atoms with E-state index in [0.717, 1.165) is 39.7 Å². The number of para-hydroxylation sites is 1. The Morgan fingerprint density at radius 3 is 2.96 bits per heavy atom. The molecule has 0 aliphatic carbocycles. The highest BCUT2D eigenvalue weighted by atomic mass is 32.1. The fourth-order valence-corrected chi connectivity index (χ4v) is 5.02. The van der Waals surface area contributed by atoms with E-state index in [2.05, 4.69) is 11.1 Å². The van der Waals surface area contributed by atoms with Crippen LogP contribution >= 0.6 is 22.7 Å². The molecule has 3 aromatic rings. The maximum absolute atomic E-state index is 12.7. The van der Waals surface area contributed by atoms with E-state index >= 15 is 0 Å². The number of benzene rings is 1. The van der Waals surface area contributed by atoms with Crippen molar-refractivity contribution in [3.63, 3.8) is 0 Å². The first-order chi connectivity index (χ1) is 11.3. The molecule has 0 spiro atoms. The minimum absolute atomic E-state index is 0.107. The molecule has 4 nitrogen and oxygen atoms in total. The van der Waals surface area contributed by atoms with Gasteiger partial charge in [-0.2, -0.15) is 0 Å². The molecule has 2 N–H and O–H groups in total. The van der Waals surface area contributed by atoms with Crippen LogP contribution in [0.15, 0.2) is 36.4 Å². The van der Waals surface area contributed by atoms with Crippen LogP contribution < -0.4 is 5.73 Å². The van der Waals surface area contributed by atoms with Crippen LogP contribution in [0.2, 0.25) is 0 Å². The van der Waals surface area contributed by atoms with E-state index in [1.807, 2.05) is 35.2 Å². The number of nitrogens with two attached hydrogens (primary N) is 1. The van der Waals surface area contributed by atoms with Crippen LogP contribution in [0.4, 0.5) is 0 Å². The van der Waals surface area contributed by atoms with Crippen molar-refractivity contribution < 1.29 is 4.79 Å². The summed E-state index contributed by atoms with van der Waals surface area (Å²) in [6.45, 7) is 1.36. The van der Waals surface area contributed by atoms with Crippen LogP contribution in [0, 0.1) is 0 Å². The predicted molar refractivity (Wildman–Crippen MR) is 96.0 cm³/mol. The van der Waals surface area contributed by atoms with Crippen molar-refractivity contribution in [2.24, 2.45) is 5.73 Å². The van der Waals surface area contributed by atoms with Crippen LogP contribution in [0.1, 0.15) is 22.5 Å². The van der Waals surface area contributed by atoms with Gasteiger partial charge in [-0.3, -0.25) is 4.79 Å². The van der Waals surface area contributed by atoms with Gasteiger partial charge in [0.15, 0.2) is 0 Å².